The molecule has 4 rings (SSSR count). The molecule has 6 nitrogen and oxygen atoms in total. The highest BCUT2D eigenvalue weighted by Crippen LogP contribution is 2.34. The summed E-state index contributed by atoms with van der Waals surface area (Å²) in [5.41, 5.74) is 8.39. The molecule has 2 heterocycles. The Hall–Kier alpha value is -3.65. The number of nitrogens with zero attached hydrogens (tertiary/aromatic N) is 1. The number of urea groups is 1. The number of hydrogen-bond donors (Lipinski definition) is 3. The quantitative estimate of drug-likeness (QED) is 0.424. The number of amides is 3. The molecule has 29 heavy (non-hydrogen) atoms. The summed E-state index contributed by atoms with van der Waals surface area (Å²) in [5, 5.41) is 7.80. The second-order valence-electron chi connectivity index (χ2n) is 6.52. The second-order valence-corrected chi connectivity index (χ2v) is 7.44. The van der Waals surface area contributed by atoms with Crippen LogP contribution < -0.4 is 16.4 Å². The van der Waals surface area contributed by atoms with Gasteiger partial charge in [0, 0.05) is 10.8 Å². The summed E-state index contributed by atoms with van der Waals surface area (Å²) in [6.07, 6.45) is 0. The van der Waals surface area contributed by atoms with E-state index in [4.69, 9.17) is 5.73 Å². The number of benzene rings is 2. The Morgan fingerprint density at radius 3 is 2.66 bits per heavy atom. The molecule has 2 aromatic carbocycles. The number of nitrogens with one attached hydrogen (secondary N) is 2. The molecule has 0 saturated heterocycles. The first-order valence-corrected chi connectivity index (χ1v) is 9.63. The van der Waals surface area contributed by atoms with Gasteiger partial charge in [-0.05, 0) is 42.8 Å². The minimum Gasteiger partial charge on any atom is -0.351 e. The van der Waals surface area contributed by atoms with Crippen LogP contribution in [0.4, 0.5) is 25.4 Å². The third-order valence-electron chi connectivity index (χ3n) is 4.41. The molecule has 4 N–H and O–H groups in total. The lowest BCUT2D eigenvalue weighted by Gasteiger charge is -2.08. The van der Waals surface area contributed by atoms with Crippen molar-refractivity contribution < 1.29 is 14.0 Å². The predicted molar refractivity (Wildman–Crippen MR) is 114 cm³/mol. The summed E-state index contributed by atoms with van der Waals surface area (Å²) < 4.78 is 15.3. The maximum atomic E-state index is 13.8. The Kier molecular flexibility index (Phi) is 4.77. The standard InChI is InChI=1S/C21H17FN4O2S/c1-12-6-7-15(22)16(8-12)25-21(28)24-14-10-19(29-11-14)18-9-13-4-2-3-5-17(13)26(18)20(23)27/h2-11H,1H3,(H2,23,27)(H2,24,25,28). The van der Waals surface area contributed by atoms with E-state index in [9.17, 15) is 14.0 Å². The molecule has 3 amide bonds. The molecule has 2 aromatic heterocycles. The van der Waals surface area contributed by atoms with E-state index >= 15 is 0 Å². The number of carbonyl (C=O) groups excluding carboxylic acids is 2. The zero-order valence-electron chi connectivity index (χ0n) is 15.4. The fourth-order valence-corrected chi connectivity index (χ4v) is 3.98. The Labute approximate surface area is 169 Å². The number of thiophene rings is 1. The van der Waals surface area contributed by atoms with Crippen molar-refractivity contribution in [1.29, 1.82) is 0 Å². The van der Waals surface area contributed by atoms with E-state index in [1.54, 1.807) is 23.6 Å². The average Bonchev–Trinajstić information content (AvgIpc) is 3.28. The molecule has 0 fully saturated rings. The molecule has 146 valence electrons. The first-order chi connectivity index (χ1) is 13.9. The van der Waals surface area contributed by atoms with Crippen LogP contribution in [0.25, 0.3) is 21.5 Å². The minimum atomic E-state index is -0.586. The van der Waals surface area contributed by atoms with Crippen molar-refractivity contribution in [2.24, 2.45) is 5.73 Å². The number of rotatable bonds is 3. The van der Waals surface area contributed by atoms with Crippen LogP contribution in [0.5, 0.6) is 0 Å². The van der Waals surface area contributed by atoms with Crippen molar-refractivity contribution in [2.75, 3.05) is 10.6 Å². The van der Waals surface area contributed by atoms with Crippen molar-refractivity contribution in [1.82, 2.24) is 4.57 Å². The van der Waals surface area contributed by atoms with Crippen LogP contribution in [0, 0.1) is 12.7 Å². The van der Waals surface area contributed by atoms with Gasteiger partial charge in [-0.3, -0.25) is 4.57 Å². The molecule has 0 spiro atoms. The van der Waals surface area contributed by atoms with Gasteiger partial charge in [-0.2, -0.15) is 0 Å². The topological polar surface area (TPSA) is 89.2 Å². The lowest BCUT2D eigenvalue weighted by atomic mass is 10.2. The van der Waals surface area contributed by atoms with Crippen molar-refractivity contribution in [3.05, 3.63) is 71.4 Å². The van der Waals surface area contributed by atoms with Crippen molar-refractivity contribution in [3.63, 3.8) is 0 Å². The van der Waals surface area contributed by atoms with E-state index in [-0.39, 0.29) is 5.69 Å². The van der Waals surface area contributed by atoms with Crippen molar-refractivity contribution in [2.45, 2.75) is 6.92 Å². The second kappa shape index (κ2) is 7.40. The number of para-hydroxylation sites is 1. The summed E-state index contributed by atoms with van der Waals surface area (Å²) in [7, 11) is 0. The fourth-order valence-electron chi connectivity index (χ4n) is 3.13. The van der Waals surface area contributed by atoms with E-state index in [0.717, 1.165) is 15.8 Å². The van der Waals surface area contributed by atoms with E-state index in [0.29, 0.717) is 16.9 Å². The van der Waals surface area contributed by atoms with Gasteiger partial charge in [-0.1, -0.05) is 24.3 Å². The van der Waals surface area contributed by atoms with Crippen LogP contribution in [0.3, 0.4) is 0 Å². The van der Waals surface area contributed by atoms with Crippen LogP contribution in [-0.2, 0) is 0 Å². The zero-order valence-corrected chi connectivity index (χ0v) is 16.2. The molecule has 0 radical (unpaired) electrons. The Bertz CT molecular complexity index is 1240. The third-order valence-corrected chi connectivity index (χ3v) is 5.36. The average molecular weight is 408 g/mol. The van der Waals surface area contributed by atoms with E-state index in [1.165, 1.54) is 22.0 Å². The number of primary amides is 1. The molecule has 0 aliphatic carbocycles. The normalized spacial score (nSPS) is 10.8. The monoisotopic (exact) mass is 408 g/mol. The van der Waals surface area contributed by atoms with Gasteiger partial charge in [-0.15, -0.1) is 11.3 Å². The van der Waals surface area contributed by atoms with Gasteiger partial charge in [0.15, 0.2) is 0 Å². The highest BCUT2D eigenvalue weighted by molar-refractivity contribution is 7.14. The molecule has 0 aliphatic rings. The SMILES string of the molecule is Cc1ccc(F)c(NC(=O)Nc2csc(-c3cc4ccccc4n3C(N)=O)c2)c1. The summed E-state index contributed by atoms with van der Waals surface area (Å²) in [6.45, 7) is 1.81. The van der Waals surface area contributed by atoms with Gasteiger partial charge in [0.2, 0.25) is 0 Å². The predicted octanol–water partition coefficient (Wildman–Crippen LogP) is 5.39. The van der Waals surface area contributed by atoms with Crippen LogP contribution in [0.1, 0.15) is 5.56 Å². The number of hydrogen-bond acceptors (Lipinski definition) is 3. The van der Waals surface area contributed by atoms with Gasteiger partial charge >= 0.3 is 12.1 Å². The lowest BCUT2D eigenvalue weighted by Crippen LogP contribution is -2.20. The maximum Gasteiger partial charge on any atom is 0.323 e. The van der Waals surface area contributed by atoms with Gasteiger partial charge in [-0.25, -0.2) is 14.0 Å². The summed E-state index contributed by atoms with van der Waals surface area (Å²) in [4.78, 5) is 25.0. The number of nitrogens with two attached hydrogens (primary N) is 1. The largest absolute Gasteiger partial charge is 0.351 e. The molecule has 0 unspecified atom stereocenters. The van der Waals surface area contributed by atoms with Gasteiger partial charge < -0.3 is 16.4 Å². The molecular formula is C21H17FN4O2S. The highest BCUT2D eigenvalue weighted by Gasteiger charge is 2.16. The highest BCUT2D eigenvalue weighted by atomic mass is 32.1. The number of carbonyl (C=O) groups is 2. The van der Waals surface area contributed by atoms with Crippen LogP contribution >= 0.6 is 11.3 Å². The first kappa shape index (κ1) is 18.7. The Balaban J connectivity index is 1.58. The summed E-state index contributed by atoms with van der Waals surface area (Å²) >= 11 is 1.36. The number of aryl methyl sites for hydroxylation is 1. The Morgan fingerprint density at radius 1 is 1.07 bits per heavy atom. The molecule has 8 heteroatoms. The maximum absolute atomic E-state index is 13.8. The number of halogens is 1. The smallest absolute Gasteiger partial charge is 0.323 e. The molecular weight excluding hydrogens is 391 g/mol. The van der Waals surface area contributed by atoms with E-state index in [2.05, 4.69) is 10.6 Å². The third kappa shape index (κ3) is 3.70. The van der Waals surface area contributed by atoms with Crippen LogP contribution in [-0.4, -0.2) is 16.6 Å². The van der Waals surface area contributed by atoms with E-state index in [1.807, 2.05) is 37.3 Å². The molecule has 4 aromatic rings. The van der Waals surface area contributed by atoms with Crippen molar-refractivity contribution >= 4 is 45.7 Å². The summed E-state index contributed by atoms with van der Waals surface area (Å²) in [6, 6.07) is 14.4. The first-order valence-electron chi connectivity index (χ1n) is 8.76. The molecule has 0 bridgehead atoms. The van der Waals surface area contributed by atoms with Crippen LogP contribution in [0.2, 0.25) is 0 Å². The number of anilines is 2. The number of fused-ring (bicyclic) bond motifs is 1. The number of aromatic nitrogens is 1. The van der Waals surface area contributed by atoms with E-state index < -0.39 is 17.9 Å². The van der Waals surface area contributed by atoms with Gasteiger partial charge in [0.1, 0.15) is 5.82 Å². The van der Waals surface area contributed by atoms with Crippen LogP contribution in [0.15, 0.2) is 60.0 Å². The van der Waals surface area contributed by atoms with Gasteiger partial charge in [0.25, 0.3) is 0 Å². The lowest BCUT2D eigenvalue weighted by molar-refractivity contribution is 0.251. The Morgan fingerprint density at radius 2 is 1.86 bits per heavy atom. The summed E-state index contributed by atoms with van der Waals surface area (Å²) in [5.74, 6) is -0.511. The zero-order chi connectivity index (χ0) is 20.5. The van der Waals surface area contributed by atoms with Gasteiger partial charge in [0.05, 0.1) is 27.5 Å². The molecule has 0 saturated carbocycles. The molecule has 0 aliphatic heterocycles. The minimum absolute atomic E-state index is 0.104. The fraction of sp³-hybridized carbons (Fsp3) is 0.0476. The van der Waals surface area contributed by atoms with Crippen molar-refractivity contribution in [3.8, 4) is 10.6 Å². The molecule has 0 atom stereocenters.